The summed E-state index contributed by atoms with van der Waals surface area (Å²) in [5, 5.41) is 18.1. The molecule has 0 fully saturated rings. The Balaban J connectivity index is 2.49. The molecule has 2 unspecified atom stereocenters. The summed E-state index contributed by atoms with van der Waals surface area (Å²) in [6.07, 6.45) is 1.51. The standard InChI is InChI=1S/C19H23NO4S2/c1-6-10-19(5,16(23)24)14(15(21)22)26-17-20-12-9-7-8-11(13(12)25-17)18(2,3)4/h6-9,14H,1,10H2,2-5H3,(H,21,22)(H,23,24). The average Bonchev–Trinajstić information content (AvgIpc) is 2.93. The van der Waals surface area contributed by atoms with E-state index in [9.17, 15) is 19.8 Å². The molecule has 0 aliphatic carbocycles. The monoisotopic (exact) mass is 393 g/mol. The topological polar surface area (TPSA) is 87.5 Å². The van der Waals surface area contributed by atoms with Gasteiger partial charge in [0.05, 0.1) is 15.6 Å². The molecule has 0 bridgehead atoms. The van der Waals surface area contributed by atoms with E-state index in [1.54, 1.807) is 0 Å². The molecule has 140 valence electrons. The van der Waals surface area contributed by atoms with Crippen LogP contribution in [-0.2, 0) is 15.0 Å². The van der Waals surface area contributed by atoms with Crippen LogP contribution >= 0.6 is 23.1 Å². The predicted molar refractivity (Wildman–Crippen MR) is 106 cm³/mol. The molecule has 2 aromatic rings. The Morgan fingerprint density at radius 2 is 1.96 bits per heavy atom. The van der Waals surface area contributed by atoms with Crippen molar-refractivity contribution in [3.05, 3.63) is 36.4 Å². The first kappa shape index (κ1) is 20.5. The molecule has 0 radical (unpaired) electrons. The van der Waals surface area contributed by atoms with E-state index >= 15 is 0 Å². The summed E-state index contributed by atoms with van der Waals surface area (Å²) in [6.45, 7) is 11.3. The highest BCUT2D eigenvalue weighted by atomic mass is 32.2. The van der Waals surface area contributed by atoms with E-state index in [2.05, 4.69) is 32.3 Å². The van der Waals surface area contributed by atoms with Crippen molar-refractivity contribution in [2.75, 3.05) is 0 Å². The minimum Gasteiger partial charge on any atom is -0.481 e. The molecule has 0 saturated carbocycles. The van der Waals surface area contributed by atoms with Crippen molar-refractivity contribution in [1.29, 1.82) is 0 Å². The van der Waals surface area contributed by atoms with Gasteiger partial charge >= 0.3 is 11.9 Å². The molecule has 2 N–H and O–H groups in total. The Kier molecular flexibility index (Phi) is 5.82. The molecule has 0 aliphatic rings. The first-order valence-corrected chi connectivity index (χ1v) is 9.84. The van der Waals surface area contributed by atoms with E-state index in [1.165, 1.54) is 24.3 Å². The Morgan fingerprint density at radius 3 is 2.46 bits per heavy atom. The number of fused-ring (bicyclic) bond motifs is 1. The predicted octanol–water partition coefficient (Wildman–Crippen LogP) is 4.81. The fourth-order valence-electron chi connectivity index (χ4n) is 2.73. The summed E-state index contributed by atoms with van der Waals surface area (Å²) in [4.78, 5) is 28.1. The Bertz CT molecular complexity index is 853. The van der Waals surface area contributed by atoms with Gasteiger partial charge in [-0.15, -0.1) is 17.9 Å². The van der Waals surface area contributed by atoms with Gasteiger partial charge in [-0.1, -0.05) is 50.7 Å². The first-order chi connectivity index (χ1) is 12.0. The molecule has 1 heterocycles. The summed E-state index contributed by atoms with van der Waals surface area (Å²) in [6, 6.07) is 5.87. The quantitative estimate of drug-likeness (QED) is 0.519. The second-order valence-corrected chi connectivity index (χ2v) is 9.79. The summed E-state index contributed by atoms with van der Waals surface area (Å²) in [5.41, 5.74) is 0.398. The average molecular weight is 394 g/mol. The van der Waals surface area contributed by atoms with Crippen LogP contribution in [0.4, 0.5) is 0 Å². The van der Waals surface area contributed by atoms with Gasteiger partial charge in [-0.25, -0.2) is 4.98 Å². The van der Waals surface area contributed by atoms with Crippen molar-refractivity contribution in [3.63, 3.8) is 0 Å². The highest BCUT2D eigenvalue weighted by molar-refractivity contribution is 8.02. The van der Waals surface area contributed by atoms with Gasteiger partial charge in [-0.05, 0) is 30.4 Å². The summed E-state index contributed by atoms with van der Waals surface area (Å²) < 4.78 is 1.56. The van der Waals surface area contributed by atoms with Gasteiger partial charge in [0, 0.05) is 0 Å². The van der Waals surface area contributed by atoms with Gasteiger partial charge in [0.25, 0.3) is 0 Å². The van der Waals surface area contributed by atoms with Crippen molar-refractivity contribution >= 4 is 45.3 Å². The lowest BCUT2D eigenvalue weighted by Gasteiger charge is -2.28. The van der Waals surface area contributed by atoms with Crippen LogP contribution < -0.4 is 0 Å². The molecular weight excluding hydrogens is 370 g/mol. The third-order valence-corrected chi connectivity index (χ3v) is 6.97. The van der Waals surface area contributed by atoms with E-state index in [1.807, 2.05) is 18.2 Å². The summed E-state index contributed by atoms with van der Waals surface area (Å²) in [5.74, 6) is -2.33. The first-order valence-electron chi connectivity index (χ1n) is 8.14. The van der Waals surface area contributed by atoms with E-state index < -0.39 is 22.6 Å². The van der Waals surface area contributed by atoms with Gasteiger partial charge < -0.3 is 10.2 Å². The SMILES string of the molecule is C=CCC(C)(C(=O)O)C(Sc1nc2cccc(C(C)(C)C)c2s1)C(=O)O. The van der Waals surface area contributed by atoms with Crippen LogP contribution in [0.25, 0.3) is 10.2 Å². The normalized spacial score (nSPS) is 15.4. The van der Waals surface area contributed by atoms with Gasteiger partial charge in [-0.2, -0.15) is 0 Å². The molecular formula is C19H23NO4S2. The van der Waals surface area contributed by atoms with Crippen LogP contribution in [0.5, 0.6) is 0 Å². The van der Waals surface area contributed by atoms with E-state index in [-0.39, 0.29) is 11.8 Å². The van der Waals surface area contributed by atoms with Crippen molar-refractivity contribution in [2.24, 2.45) is 5.41 Å². The number of aliphatic carboxylic acids is 2. The maximum absolute atomic E-state index is 11.8. The molecule has 5 nitrogen and oxygen atoms in total. The second kappa shape index (κ2) is 7.40. The van der Waals surface area contributed by atoms with Crippen molar-refractivity contribution in [3.8, 4) is 0 Å². The van der Waals surface area contributed by atoms with Crippen LogP contribution in [0.2, 0.25) is 0 Å². The molecule has 0 saturated heterocycles. The van der Waals surface area contributed by atoms with Gasteiger partial charge in [0.2, 0.25) is 0 Å². The Hall–Kier alpha value is -1.86. The molecule has 2 atom stereocenters. The van der Waals surface area contributed by atoms with Gasteiger partial charge in [0.1, 0.15) is 5.25 Å². The number of carboxylic acid groups (broad SMARTS) is 2. The highest BCUT2D eigenvalue weighted by Crippen LogP contribution is 2.43. The van der Waals surface area contributed by atoms with Crippen LogP contribution in [0.3, 0.4) is 0 Å². The Morgan fingerprint density at radius 1 is 1.31 bits per heavy atom. The lowest BCUT2D eigenvalue weighted by atomic mass is 9.83. The van der Waals surface area contributed by atoms with Crippen molar-refractivity contribution in [2.45, 2.75) is 49.1 Å². The van der Waals surface area contributed by atoms with E-state index in [0.29, 0.717) is 4.34 Å². The molecule has 26 heavy (non-hydrogen) atoms. The zero-order chi connectivity index (χ0) is 19.7. The lowest BCUT2D eigenvalue weighted by molar-refractivity contribution is -0.153. The van der Waals surface area contributed by atoms with Crippen LogP contribution in [0.1, 0.15) is 39.7 Å². The number of nitrogens with zero attached hydrogens (tertiary/aromatic N) is 1. The smallest absolute Gasteiger partial charge is 0.318 e. The number of thioether (sulfide) groups is 1. The fraction of sp³-hybridized carbons (Fsp3) is 0.421. The van der Waals surface area contributed by atoms with Crippen LogP contribution in [0.15, 0.2) is 35.2 Å². The number of hydrogen-bond acceptors (Lipinski definition) is 5. The fourth-order valence-corrected chi connectivity index (χ4v) is 5.39. The van der Waals surface area contributed by atoms with Gasteiger partial charge in [0.15, 0.2) is 4.34 Å². The number of thiazole rings is 1. The molecule has 1 aromatic heterocycles. The van der Waals surface area contributed by atoms with Crippen molar-refractivity contribution in [1.82, 2.24) is 4.98 Å². The molecule has 2 rings (SSSR count). The number of aromatic nitrogens is 1. The minimum absolute atomic E-state index is 0.0600. The van der Waals surface area contributed by atoms with E-state index in [0.717, 1.165) is 27.5 Å². The zero-order valence-electron chi connectivity index (χ0n) is 15.3. The number of rotatable bonds is 7. The maximum atomic E-state index is 11.8. The van der Waals surface area contributed by atoms with Crippen LogP contribution in [0, 0.1) is 5.41 Å². The van der Waals surface area contributed by atoms with Crippen LogP contribution in [-0.4, -0.2) is 32.4 Å². The maximum Gasteiger partial charge on any atom is 0.318 e. The molecule has 0 spiro atoms. The number of carboxylic acids is 2. The highest BCUT2D eigenvalue weighted by Gasteiger charge is 2.46. The van der Waals surface area contributed by atoms with Gasteiger partial charge in [-0.3, -0.25) is 9.59 Å². The van der Waals surface area contributed by atoms with Crippen molar-refractivity contribution < 1.29 is 19.8 Å². The lowest BCUT2D eigenvalue weighted by Crippen LogP contribution is -2.42. The Labute approximate surface area is 161 Å². The largest absolute Gasteiger partial charge is 0.481 e. The molecule has 0 amide bonds. The minimum atomic E-state index is -1.47. The summed E-state index contributed by atoms with van der Waals surface area (Å²) >= 11 is 2.41. The molecule has 0 aliphatic heterocycles. The number of benzene rings is 1. The number of carbonyl (C=O) groups is 2. The molecule has 7 heteroatoms. The summed E-state index contributed by atoms with van der Waals surface area (Å²) in [7, 11) is 0. The van der Waals surface area contributed by atoms with E-state index in [4.69, 9.17) is 0 Å². The second-order valence-electron chi connectivity index (χ2n) is 7.44. The number of hydrogen-bond donors (Lipinski definition) is 2. The third-order valence-electron chi connectivity index (χ3n) is 4.28. The zero-order valence-corrected chi connectivity index (χ0v) is 16.9. The molecule has 1 aromatic carbocycles. The number of allylic oxidation sites excluding steroid dienone is 1. The third kappa shape index (κ3) is 3.94.